The van der Waals surface area contributed by atoms with E-state index in [0.717, 1.165) is 23.2 Å². The van der Waals surface area contributed by atoms with Crippen molar-refractivity contribution in [1.29, 1.82) is 0 Å². The van der Waals surface area contributed by atoms with Crippen LogP contribution < -0.4 is 5.73 Å². The van der Waals surface area contributed by atoms with Gasteiger partial charge >= 0.3 is 0 Å². The van der Waals surface area contributed by atoms with Gasteiger partial charge in [0, 0.05) is 13.5 Å². The van der Waals surface area contributed by atoms with Crippen LogP contribution in [-0.2, 0) is 13.5 Å². The molecule has 0 radical (unpaired) electrons. The predicted molar refractivity (Wildman–Crippen MR) is 51.5 cm³/mol. The van der Waals surface area contributed by atoms with Crippen molar-refractivity contribution in [3.8, 4) is 0 Å². The number of nitrogens with zero attached hydrogens (tertiary/aromatic N) is 5. The first-order valence-electron chi connectivity index (χ1n) is 4.13. The van der Waals surface area contributed by atoms with Gasteiger partial charge in [0.25, 0.3) is 0 Å². The first-order chi connectivity index (χ1) is 6.77. The maximum atomic E-state index is 5.92. The van der Waals surface area contributed by atoms with Gasteiger partial charge in [0.05, 0.1) is 29.7 Å². The Balaban J connectivity index is 2.09. The van der Waals surface area contributed by atoms with E-state index in [1.165, 1.54) is 6.33 Å². The summed E-state index contributed by atoms with van der Waals surface area (Å²) in [6, 6.07) is -0.156. The second kappa shape index (κ2) is 3.81. The van der Waals surface area contributed by atoms with Crippen LogP contribution in [0.15, 0.2) is 12.5 Å². The molecule has 0 saturated heterocycles. The van der Waals surface area contributed by atoms with Crippen LogP contribution in [0.2, 0.25) is 0 Å². The van der Waals surface area contributed by atoms with Gasteiger partial charge < -0.3 is 5.73 Å². The first kappa shape index (κ1) is 9.22. The summed E-state index contributed by atoms with van der Waals surface area (Å²) in [6.45, 7) is 0. The molecule has 1 atom stereocenters. The molecule has 0 spiro atoms. The molecule has 74 valence electrons. The standard InChI is InChI=1S/C7H10N6S/c1-13-7(9-4-10-13)2-5(8)6-3-11-14-12-6/h3-5H,2,8H2,1H3. The van der Waals surface area contributed by atoms with Crippen molar-refractivity contribution in [2.45, 2.75) is 12.5 Å². The van der Waals surface area contributed by atoms with Gasteiger partial charge in [-0.2, -0.15) is 13.8 Å². The topological polar surface area (TPSA) is 82.5 Å². The number of rotatable bonds is 3. The highest BCUT2D eigenvalue weighted by molar-refractivity contribution is 6.99. The normalized spacial score (nSPS) is 13.0. The summed E-state index contributed by atoms with van der Waals surface area (Å²) >= 11 is 1.16. The third kappa shape index (κ3) is 1.78. The Bertz CT molecular complexity index is 394. The van der Waals surface area contributed by atoms with E-state index in [1.54, 1.807) is 10.9 Å². The highest BCUT2D eigenvalue weighted by Crippen LogP contribution is 2.11. The Hall–Kier alpha value is -1.34. The smallest absolute Gasteiger partial charge is 0.138 e. The second-order valence-electron chi connectivity index (χ2n) is 2.94. The van der Waals surface area contributed by atoms with Crippen molar-refractivity contribution in [2.24, 2.45) is 12.8 Å². The summed E-state index contributed by atoms with van der Waals surface area (Å²) in [5.41, 5.74) is 6.73. The van der Waals surface area contributed by atoms with Crippen molar-refractivity contribution in [3.63, 3.8) is 0 Å². The van der Waals surface area contributed by atoms with Gasteiger partial charge in [-0.25, -0.2) is 4.98 Å². The molecule has 2 heterocycles. The van der Waals surface area contributed by atoms with Crippen LogP contribution in [-0.4, -0.2) is 23.5 Å². The molecule has 2 rings (SSSR count). The third-order valence-electron chi connectivity index (χ3n) is 1.97. The maximum absolute atomic E-state index is 5.92. The van der Waals surface area contributed by atoms with E-state index >= 15 is 0 Å². The molecule has 0 saturated carbocycles. The first-order valence-corrected chi connectivity index (χ1v) is 4.86. The van der Waals surface area contributed by atoms with Crippen LogP contribution in [0.1, 0.15) is 17.6 Å². The molecule has 6 nitrogen and oxygen atoms in total. The average Bonchev–Trinajstić information content (AvgIpc) is 2.77. The van der Waals surface area contributed by atoms with Crippen LogP contribution in [0.4, 0.5) is 0 Å². The summed E-state index contributed by atoms with van der Waals surface area (Å²) in [7, 11) is 1.84. The fraction of sp³-hybridized carbons (Fsp3) is 0.429. The van der Waals surface area contributed by atoms with Gasteiger partial charge in [-0.05, 0) is 0 Å². The van der Waals surface area contributed by atoms with Crippen molar-refractivity contribution < 1.29 is 0 Å². The molecule has 0 aliphatic heterocycles. The van der Waals surface area contributed by atoms with Gasteiger partial charge in [-0.15, -0.1) is 0 Å². The molecule has 2 aromatic heterocycles. The lowest BCUT2D eigenvalue weighted by molar-refractivity contribution is 0.622. The summed E-state index contributed by atoms with van der Waals surface area (Å²) in [4.78, 5) is 4.09. The van der Waals surface area contributed by atoms with Crippen LogP contribution >= 0.6 is 11.7 Å². The molecule has 14 heavy (non-hydrogen) atoms. The van der Waals surface area contributed by atoms with E-state index in [4.69, 9.17) is 5.73 Å². The average molecular weight is 210 g/mol. The highest BCUT2D eigenvalue weighted by Gasteiger charge is 2.12. The number of hydrogen-bond acceptors (Lipinski definition) is 6. The van der Waals surface area contributed by atoms with E-state index in [-0.39, 0.29) is 6.04 Å². The number of nitrogens with two attached hydrogens (primary N) is 1. The summed E-state index contributed by atoms with van der Waals surface area (Å²) in [5, 5.41) is 3.97. The zero-order valence-electron chi connectivity index (χ0n) is 7.66. The predicted octanol–water partition coefficient (Wildman–Crippen LogP) is -0.0909. The fourth-order valence-electron chi connectivity index (χ4n) is 1.14. The monoisotopic (exact) mass is 210 g/mol. The Morgan fingerprint density at radius 2 is 2.50 bits per heavy atom. The fourth-order valence-corrected chi connectivity index (χ4v) is 1.62. The van der Waals surface area contributed by atoms with Gasteiger partial charge in [0.1, 0.15) is 12.2 Å². The van der Waals surface area contributed by atoms with Crippen molar-refractivity contribution in [1.82, 2.24) is 23.5 Å². The van der Waals surface area contributed by atoms with Gasteiger partial charge in [-0.1, -0.05) is 0 Å². The molecule has 1 unspecified atom stereocenters. The van der Waals surface area contributed by atoms with E-state index in [9.17, 15) is 0 Å². The molecule has 2 aromatic rings. The number of hydrogen-bond donors (Lipinski definition) is 1. The minimum Gasteiger partial charge on any atom is -0.322 e. The Morgan fingerprint density at radius 1 is 1.64 bits per heavy atom. The number of aryl methyl sites for hydroxylation is 1. The van der Waals surface area contributed by atoms with E-state index in [0.29, 0.717) is 6.42 Å². The van der Waals surface area contributed by atoms with Crippen LogP contribution in [0.25, 0.3) is 0 Å². The quantitative estimate of drug-likeness (QED) is 0.765. The van der Waals surface area contributed by atoms with Gasteiger partial charge in [0.2, 0.25) is 0 Å². The molecule has 0 amide bonds. The SMILES string of the molecule is Cn1ncnc1CC(N)c1cnsn1. The van der Waals surface area contributed by atoms with Gasteiger partial charge in [-0.3, -0.25) is 4.68 Å². The van der Waals surface area contributed by atoms with Crippen molar-refractivity contribution in [2.75, 3.05) is 0 Å². The Kier molecular flexibility index (Phi) is 2.51. The zero-order valence-corrected chi connectivity index (χ0v) is 8.48. The second-order valence-corrected chi connectivity index (χ2v) is 3.50. The summed E-state index contributed by atoms with van der Waals surface area (Å²) < 4.78 is 9.69. The molecule has 0 fully saturated rings. The molecule has 0 bridgehead atoms. The lowest BCUT2D eigenvalue weighted by Crippen LogP contribution is -2.16. The maximum Gasteiger partial charge on any atom is 0.138 e. The summed E-state index contributed by atoms with van der Waals surface area (Å²) in [5.74, 6) is 0.852. The molecule has 0 aliphatic rings. The highest BCUT2D eigenvalue weighted by atomic mass is 32.1. The molecule has 7 heteroatoms. The van der Waals surface area contributed by atoms with Crippen molar-refractivity contribution >= 4 is 11.7 Å². The minimum absolute atomic E-state index is 0.156. The summed E-state index contributed by atoms with van der Waals surface area (Å²) in [6.07, 6.45) is 3.83. The third-order valence-corrected chi connectivity index (χ3v) is 2.46. The Labute approximate surface area is 85.1 Å². The van der Waals surface area contributed by atoms with Crippen molar-refractivity contribution in [3.05, 3.63) is 24.0 Å². The van der Waals surface area contributed by atoms with Crippen LogP contribution in [0.5, 0.6) is 0 Å². The van der Waals surface area contributed by atoms with Crippen LogP contribution in [0.3, 0.4) is 0 Å². The largest absolute Gasteiger partial charge is 0.322 e. The molecular formula is C7H10N6S. The lowest BCUT2D eigenvalue weighted by Gasteiger charge is -2.06. The van der Waals surface area contributed by atoms with Crippen LogP contribution in [0, 0.1) is 0 Å². The lowest BCUT2D eigenvalue weighted by atomic mass is 10.1. The number of aromatic nitrogens is 5. The molecule has 0 aliphatic carbocycles. The van der Waals surface area contributed by atoms with E-state index < -0.39 is 0 Å². The van der Waals surface area contributed by atoms with E-state index in [2.05, 4.69) is 18.8 Å². The molecule has 2 N–H and O–H groups in total. The molecular weight excluding hydrogens is 200 g/mol. The van der Waals surface area contributed by atoms with E-state index in [1.807, 2.05) is 7.05 Å². The minimum atomic E-state index is -0.156. The zero-order chi connectivity index (χ0) is 9.97. The Morgan fingerprint density at radius 3 is 3.07 bits per heavy atom. The molecule has 0 aromatic carbocycles. The van der Waals surface area contributed by atoms with Gasteiger partial charge in [0.15, 0.2) is 0 Å².